The Bertz CT molecular complexity index is 1640. The average Bonchev–Trinajstić information content (AvgIpc) is 2.91. The van der Waals surface area contributed by atoms with Gasteiger partial charge in [0.15, 0.2) is 0 Å². The highest BCUT2D eigenvalue weighted by atomic mass is 32.2. The van der Waals surface area contributed by atoms with E-state index in [4.69, 9.17) is 5.11 Å². The first kappa shape index (κ1) is 29.4. The molecule has 1 atom stereocenters. The van der Waals surface area contributed by atoms with Gasteiger partial charge in [-0.1, -0.05) is 60.7 Å². The molecule has 0 spiro atoms. The minimum atomic E-state index is -3.99. The highest BCUT2D eigenvalue weighted by molar-refractivity contribution is 7.89. The Hall–Kier alpha value is -3.63. The fourth-order valence-electron chi connectivity index (χ4n) is 4.66. The van der Waals surface area contributed by atoms with Crippen molar-refractivity contribution in [1.29, 1.82) is 0 Å². The number of nitrogens with one attached hydrogen (secondary N) is 1. The van der Waals surface area contributed by atoms with Crippen LogP contribution in [0.4, 0.5) is 4.39 Å². The number of halogens is 1. The van der Waals surface area contributed by atoms with Crippen molar-refractivity contribution in [3.8, 4) is 11.1 Å². The van der Waals surface area contributed by atoms with E-state index < -0.39 is 27.9 Å². The van der Waals surface area contributed by atoms with E-state index in [1.54, 1.807) is 6.07 Å². The molecule has 0 fully saturated rings. The number of fused-ring (bicyclic) bond motifs is 1. The molecule has 0 bridgehead atoms. The Kier molecular flexibility index (Phi) is 8.70. The zero-order chi connectivity index (χ0) is 29.1. The number of carboxylic acid groups (broad SMARTS) is 1. The Labute approximate surface area is 233 Å². The van der Waals surface area contributed by atoms with E-state index in [0.717, 1.165) is 27.7 Å². The van der Waals surface area contributed by atoms with Gasteiger partial charge >= 0.3 is 5.97 Å². The maximum atomic E-state index is 14.6. The molecule has 0 unspecified atom stereocenters. The summed E-state index contributed by atoms with van der Waals surface area (Å²) in [4.78, 5) is 11.0. The molecule has 0 radical (unpaired) electrons. The largest absolute Gasteiger partial charge is 0.478 e. The normalized spacial score (nSPS) is 13.1. The van der Waals surface area contributed by atoms with Crippen LogP contribution in [-0.4, -0.2) is 60.7 Å². The van der Waals surface area contributed by atoms with Crippen molar-refractivity contribution in [3.05, 3.63) is 102 Å². The number of benzene rings is 4. The van der Waals surface area contributed by atoms with Crippen LogP contribution in [-0.2, 0) is 16.4 Å². The molecule has 7 nitrogen and oxygen atoms in total. The lowest BCUT2D eigenvalue weighted by molar-refractivity contribution is 0.0696. The summed E-state index contributed by atoms with van der Waals surface area (Å²) in [7, 11) is -2.61. The van der Waals surface area contributed by atoms with Crippen molar-refractivity contribution in [2.24, 2.45) is 0 Å². The first-order valence-electron chi connectivity index (χ1n) is 12.9. The summed E-state index contributed by atoms with van der Waals surface area (Å²) in [6.07, 6.45) is -0.255. The molecule has 0 aliphatic carbocycles. The monoisotopic (exact) mass is 564 g/mol. The number of hydrogen-bond acceptors (Lipinski definition) is 5. The molecule has 40 heavy (non-hydrogen) atoms. The number of carboxylic acids is 1. The van der Waals surface area contributed by atoms with E-state index in [1.165, 1.54) is 42.8 Å². The molecule has 0 amide bonds. The lowest BCUT2D eigenvalue weighted by Gasteiger charge is -2.29. The van der Waals surface area contributed by atoms with E-state index in [2.05, 4.69) is 35.6 Å². The number of nitrogens with zero attached hydrogens (tertiary/aromatic N) is 1. The molecule has 4 aromatic rings. The van der Waals surface area contributed by atoms with Crippen molar-refractivity contribution in [1.82, 2.24) is 9.62 Å². The molecule has 3 N–H and O–H groups in total. The van der Waals surface area contributed by atoms with Gasteiger partial charge in [-0.2, -0.15) is 4.31 Å². The topological polar surface area (TPSA) is 107 Å². The molecule has 4 aromatic carbocycles. The molecule has 9 heteroatoms. The zero-order valence-corrected chi connectivity index (χ0v) is 23.5. The van der Waals surface area contributed by atoms with Crippen LogP contribution in [0.1, 0.15) is 29.8 Å². The predicted octanol–water partition coefficient (Wildman–Crippen LogP) is 4.94. The first-order valence-corrected chi connectivity index (χ1v) is 14.3. The molecule has 4 rings (SSSR count). The van der Waals surface area contributed by atoms with Gasteiger partial charge in [0.25, 0.3) is 0 Å². The van der Waals surface area contributed by atoms with E-state index in [0.29, 0.717) is 5.56 Å². The van der Waals surface area contributed by atoms with Crippen molar-refractivity contribution in [3.63, 3.8) is 0 Å². The lowest BCUT2D eigenvalue weighted by atomic mass is 9.93. The van der Waals surface area contributed by atoms with Gasteiger partial charge in [-0.15, -0.1) is 0 Å². The Morgan fingerprint density at radius 2 is 1.70 bits per heavy atom. The summed E-state index contributed by atoms with van der Waals surface area (Å²) in [5, 5.41) is 25.4. The number of likely N-dealkylation sites (N-methyl/N-ethyl adjacent to an activating group) is 1. The summed E-state index contributed by atoms with van der Waals surface area (Å²) in [6.45, 7) is 4.10. The highest BCUT2D eigenvalue weighted by Gasteiger charge is 2.25. The number of hydrogen-bond donors (Lipinski definition) is 3. The van der Waals surface area contributed by atoms with Gasteiger partial charge < -0.3 is 15.5 Å². The third-order valence-electron chi connectivity index (χ3n) is 6.81. The van der Waals surface area contributed by atoms with Crippen molar-refractivity contribution in [2.45, 2.75) is 36.8 Å². The average molecular weight is 565 g/mol. The van der Waals surface area contributed by atoms with Gasteiger partial charge in [0.2, 0.25) is 10.0 Å². The van der Waals surface area contributed by atoms with Crippen LogP contribution in [0, 0.1) is 5.82 Å². The summed E-state index contributed by atoms with van der Waals surface area (Å²) in [6, 6.07) is 23.7. The molecular weight excluding hydrogens is 531 g/mol. The second kappa shape index (κ2) is 11.9. The summed E-state index contributed by atoms with van der Waals surface area (Å²) in [5.74, 6) is -2.02. The van der Waals surface area contributed by atoms with E-state index >= 15 is 0 Å². The Morgan fingerprint density at radius 1 is 0.975 bits per heavy atom. The number of rotatable bonds is 11. The molecule has 0 saturated heterocycles. The van der Waals surface area contributed by atoms with Crippen LogP contribution in [0.15, 0.2) is 89.8 Å². The van der Waals surface area contributed by atoms with Crippen LogP contribution in [0.3, 0.4) is 0 Å². The Morgan fingerprint density at radius 3 is 2.40 bits per heavy atom. The minimum absolute atomic E-state index is 0.0639. The highest BCUT2D eigenvalue weighted by Crippen LogP contribution is 2.27. The molecule has 0 aliphatic rings. The standard InChI is InChI=1S/C31H33FN2O5S/c1-31(2,18-21-11-12-22-7-4-5-8-23(22)15-21)33-19-26(35)20-34(3)40(38,39)27-10-6-9-24(16-27)28-14-13-25(30(36)37)17-29(28)32/h4-17,26,33,35H,18-20H2,1-3H3,(H,36,37)/t26-/m0/s1. The molecule has 210 valence electrons. The zero-order valence-electron chi connectivity index (χ0n) is 22.6. The molecule has 0 aromatic heterocycles. The summed E-state index contributed by atoms with van der Waals surface area (Å²) >= 11 is 0. The second-order valence-corrected chi connectivity index (χ2v) is 12.6. The third-order valence-corrected chi connectivity index (χ3v) is 8.63. The van der Waals surface area contributed by atoms with Gasteiger partial charge in [-0.3, -0.25) is 0 Å². The maximum absolute atomic E-state index is 14.6. The first-order chi connectivity index (χ1) is 18.9. The SMILES string of the molecule is CN(C[C@@H](O)CNC(C)(C)Cc1ccc2ccccc2c1)S(=O)(=O)c1cccc(-c2ccc(C(=O)O)cc2F)c1. The van der Waals surface area contributed by atoms with Crippen molar-refractivity contribution >= 4 is 26.8 Å². The van der Waals surface area contributed by atoms with E-state index in [-0.39, 0.29) is 34.7 Å². The minimum Gasteiger partial charge on any atom is -0.478 e. The smallest absolute Gasteiger partial charge is 0.335 e. The molecule has 0 aliphatic heterocycles. The molecule has 0 saturated carbocycles. The maximum Gasteiger partial charge on any atom is 0.335 e. The van der Waals surface area contributed by atoms with Gasteiger partial charge in [0, 0.05) is 31.2 Å². The number of aromatic carboxylic acids is 1. The fourth-order valence-corrected chi connectivity index (χ4v) is 5.92. The number of sulfonamides is 1. The van der Waals surface area contributed by atoms with Gasteiger partial charge in [0.05, 0.1) is 16.6 Å². The molecule has 0 heterocycles. The quantitative estimate of drug-likeness (QED) is 0.238. The number of aliphatic hydroxyl groups is 1. The van der Waals surface area contributed by atoms with Crippen molar-refractivity contribution in [2.75, 3.05) is 20.1 Å². The van der Waals surface area contributed by atoms with Crippen LogP contribution >= 0.6 is 0 Å². The van der Waals surface area contributed by atoms with Gasteiger partial charge in [-0.05, 0) is 66.4 Å². The predicted molar refractivity (Wildman–Crippen MR) is 154 cm³/mol. The van der Waals surface area contributed by atoms with E-state index in [1.807, 2.05) is 26.0 Å². The van der Waals surface area contributed by atoms with Gasteiger partial charge in [0.1, 0.15) is 5.82 Å². The van der Waals surface area contributed by atoms with Gasteiger partial charge in [-0.25, -0.2) is 17.6 Å². The third kappa shape index (κ3) is 6.92. The summed E-state index contributed by atoms with van der Waals surface area (Å²) in [5.41, 5.74) is 0.978. The Balaban J connectivity index is 1.39. The van der Waals surface area contributed by atoms with Crippen molar-refractivity contribution < 1.29 is 27.8 Å². The van der Waals surface area contributed by atoms with Crippen LogP contribution in [0.5, 0.6) is 0 Å². The molecular formula is C31H33FN2O5S. The summed E-state index contributed by atoms with van der Waals surface area (Å²) < 4.78 is 42.2. The number of carbonyl (C=O) groups is 1. The number of β-amino-alcohol motifs (C(OH)–C–C–N with tert-alkyl or cyclic N) is 1. The van der Waals surface area contributed by atoms with Crippen LogP contribution in [0.25, 0.3) is 21.9 Å². The van der Waals surface area contributed by atoms with E-state index in [9.17, 15) is 22.7 Å². The van der Waals surface area contributed by atoms with Crippen LogP contribution < -0.4 is 5.32 Å². The lowest BCUT2D eigenvalue weighted by Crippen LogP contribution is -2.47. The van der Waals surface area contributed by atoms with Crippen LogP contribution in [0.2, 0.25) is 0 Å². The number of aliphatic hydroxyl groups excluding tert-OH is 1. The second-order valence-electron chi connectivity index (χ2n) is 10.6. The fraction of sp³-hybridized carbons (Fsp3) is 0.258.